The Morgan fingerprint density at radius 3 is 2.50 bits per heavy atom. The fraction of sp³-hybridized carbons (Fsp3) is 0.625. The summed E-state index contributed by atoms with van der Waals surface area (Å²) in [6.45, 7) is 3.58. The molecule has 0 unspecified atom stereocenters. The van der Waals surface area contributed by atoms with Crippen molar-refractivity contribution >= 4 is 13.7 Å². The average Bonchev–Trinajstić information content (AvgIpc) is 2.96. The Kier molecular flexibility index (Phi) is 3.48. The second-order valence-corrected chi connectivity index (χ2v) is 5.03. The van der Waals surface area contributed by atoms with E-state index in [1.54, 1.807) is 6.08 Å². The molecule has 6 heteroatoms. The van der Waals surface area contributed by atoms with Crippen molar-refractivity contribution < 1.29 is 18.4 Å². The molecular formula is C8H14NO4P. The number of allylic oxidation sites excluding steroid dienone is 1. The second kappa shape index (κ2) is 4.26. The third kappa shape index (κ3) is 2.44. The van der Waals surface area contributed by atoms with Gasteiger partial charge < -0.3 is 0 Å². The largest absolute Gasteiger partial charge is 0.434 e. The Balaban J connectivity index is 2.49. The lowest BCUT2D eigenvalue weighted by molar-refractivity contribution is -0.121. The van der Waals surface area contributed by atoms with E-state index in [1.807, 2.05) is 0 Å². The SMILES string of the molecule is C=C[C@@H]1C[C@@H]1C(=O)NP(=O)(OC)OC. The van der Waals surface area contributed by atoms with Gasteiger partial charge in [0.2, 0.25) is 5.91 Å². The first-order valence-electron chi connectivity index (χ1n) is 4.22. The lowest BCUT2D eigenvalue weighted by Crippen LogP contribution is -2.23. The first-order valence-corrected chi connectivity index (χ1v) is 5.76. The maximum Gasteiger partial charge on any atom is 0.434 e. The molecule has 5 nitrogen and oxygen atoms in total. The summed E-state index contributed by atoms with van der Waals surface area (Å²) in [4.78, 5) is 11.4. The molecule has 0 spiro atoms. The van der Waals surface area contributed by atoms with Crippen molar-refractivity contribution in [3.05, 3.63) is 12.7 Å². The zero-order chi connectivity index (χ0) is 10.8. The van der Waals surface area contributed by atoms with Crippen LogP contribution in [0, 0.1) is 11.8 Å². The summed E-state index contributed by atoms with van der Waals surface area (Å²) in [5.74, 6) is -0.245. The van der Waals surface area contributed by atoms with E-state index in [1.165, 1.54) is 14.2 Å². The van der Waals surface area contributed by atoms with E-state index in [-0.39, 0.29) is 17.7 Å². The molecule has 0 heterocycles. The summed E-state index contributed by atoms with van der Waals surface area (Å²) in [6, 6.07) is 0. The molecule has 1 saturated carbocycles. The van der Waals surface area contributed by atoms with Gasteiger partial charge in [-0.15, -0.1) is 6.58 Å². The predicted octanol–water partition coefficient (Wildman–Crippen LogP) is 1.33. The van der Waals surface area contributed by atoms with Gasteiger partial charge in [-0.1, -0.05) is 6.08 Å². The summed E-state index contributed by atoms with van der Waals surface area (Å²) < 4.78 is 20.6. The van der Waals surface area contributed by atoms with Gasteiger partial charge >= 0.3 is 7.75 Å². The molecule has 80 valence electrons. The van der Waals surface area contributed by atoms with Crippen LogP contribution >= 0.6 is 7.75 Å². The van der Waals surface area contributed by atoms with Crippen LogP contribution in [0.5, 0.6) is 0 Å². The van der Waals surface area contributed by atoms with E-state index >= 15 is 0 Å². The van der Waals surface area contributed by atoms with Gasteiger partial charge in [-0.05, 0) is 12.3 Å². The smallest absolute Gasteiger partial charge is 0.296 e. The van der Waals surface area contributed by atoms with E-state index in [9.17, 15) is 9.36 Å². The molecule has 0 aliphatic heterocycles. The Labute approximate surface area is 83.1 Å². The van der Waals surface area contributed by atoms with Crippen molar-refractivity contribution in [2.75, 3.05) is 14.2 Å². The highest BCUT2D eigenvalue weighted by Gasteiger charge is 2.43. The second-order valence-electron chi connectivity index (χ2n) is 3.08. The van der Waals surface area contributed by atoms with Crippen molar-refractivity contribution in [2.45, 2.75) is 6.42 Å². The summed E-state index contributed by atoms with van der Waals surface area (Å²) in [6.07, 6.45) is 2.47. The molecule has 0 radical (unpaired) electrons. The lowest BCUT2D eigenvalue weighted by atomic mass is 10.3. The monoisotopic (exact) mass is 219 g/mol. The highest BCUT2D eigenvalue weighted by atomic mass is 31.2. The summed E-state index contributed by atoms with van der Waals surface area (Å²) in [5.41, 5.74) is 0. The first kappa shape index (κ1) is 11.4. The fourth-order valence-electron chi connectivity index (χ4n) is 1.16. The minimum Gasteiger partial charge on any atom is -0.296 e. The normalized spacial score (nSPS) is 25.6. The number of hydrogen-bond acceptors (Lipinski definition) is 4. The Bertz CT molecular complexity index is 283. The molecule has 0 aromatic rings. The minimum atomic E-state index is -3.42. The molecule has 1 aliphatic rings. The maximum absolute atomic E-state index is 11.5. The number of nitrogens with one attached hydrogen (secondary N) is 1. The highest BCUT2D eigenvalue weighted by molar-refractivity contribution is 7.52. The summed E-state index contributed by atoms with van der Waals surface area (Å²) >= 11 is 0. The highest BCUT2D eigenvalue weighted by Crippen LogP contribution is 2.45. The van der Waals surface area contributed by atoms with E-state index < -0.39 is 7.75 Å². The van der Waals surface area contributed by atoms with Gasteiger partial charge in [0.25, 0.3) is 0 Å². The molecule has 1 amide bonds. The molecule has 0 bridgehead atoms. The van der Waals surface area contributed by atoms with Gasteiger partial charge in [-0.25, -0.2) is 4.57 Å². The van der Waals surface area contributed by atoms with Crippen molar-refractivity contribution in [2.24, 2.45) is 11.8 Å². The van der Waals surface area contributed by atoms with Crippen LogP contribution in [0.25, 0.3) is 0 Å². The number of carbonyl (C=O) groups is 1. The van der Waals surface area contributed by atoms with E-state index in [0.29, 0.717) is 0 Å². The predicted molar refractivity (Wildman–Crippen MR) is 51.6 cm³/mol. The van der Waals surface area contributed by atoms with Gasteiger partial charge in [0.05, 0.1) is 0 Å². The fourth-order valence-corrected chi connectivity index (χ4v) is 1.93. The van der Waals surface area contributed by atoms with Crippen LogP contribution in [-0.2, 0) is 18.4 Å². The molecule has 0 aromatic heterocycles. The molecule has 1 rings (SSSR count). The van der Waals surface area contributed by atoms with Gasteiger partial charge in [0.15, 0.2) is 0 Å². The van der Waals surface area contributed by atoms with Gasteiger partial charge in [-0.3, -0.25) is 18.9 Å². The van der Waals surface area contributed by atoms with Crippen LogP contribution in [0.1, 0.15) is 6.42 Å². The molecule has 1 aliphatic carbocycles. The minimum absolute atomic E-state index is 0.133. The third-order valence-electron chi connectivity index (χ3n) is 2.21. The molecule has 14 heavy (non-hydrogen) atoms. The van der Waals surface area contributed by atoms with Gasteiger partial charge in [0, 0.05) is 20.1 Å². The molecule has 0 aromatic carbocycles. The molecule has 0 saturated heterocycles. The lowest BCUT2D eigenvalue weighted by Gasteiger charge is -2.13. The summed E-state index contributed by atoms with van der Waals surface area (Å²) in [5, 5.41) is 2.24. The van der Waals surface area contributed by atoms with Crippen LogP contribution in [0.2, 0.25) is 0 Å². The topological polar surface area (TPSA) is 64.6 Å². The number of rotatable bonds is 5. The molecular weight excluding hydrogens is 205 g/mol. The zero-order valence-corrected chi connectivity index (χ0v) is 9.12. The van der Waals surface area contributed by atoms with E-state index in [0.717, 1.165) is 6.42 Å². The third-order valence-corrected chi connectivity index (χ3v) is 3.66. The number of amides is 1. The molecule has 1 N–H and O–H groups in total. The van der Waals surface area contributed by atoms with Crippen LogP contribution < -0.4 is 5.09 Å². The van der Waals surface area contributed by atoms with Crippen LogP contribution in [-0.4, -0.2) is 20.1 Å². The van der Waals surface area contributed by atoms with Crippen molar-refractivity contribution in [1.82, 2.24) is 5.09 Å². The Morgan fingerprint density at radius 2 is 2.14 bits per heavy atom. The number of carbonyl (C=O) groups excluding carboxylic acids is 1. The molecule has 2 atom stereocenters. The van der Waals surface area contributed by atoms with E-state index in [2.05, 4.69) is 20.7 Å². The van der Waals surface area contributed by atoms with Crippen LogP contribution in [0.3, 0.4) is 0 Å². The Morgan fingerprint density at radius 1 is 1.57 bits per heavy atom. The maximum atomic E-state index is 11.5. The van der Waals surface area contributed by atoms with Crippen molar-refractivity contribution in [3.8, 4) is 0 Å². The zero-order valence-electron chi connectivity index (χ0n) is 8.23. The van der Waals surface area contributed by atoms with E-state index in [4.69, 9.17) is 0 Å². The summed E-state index contributed by atoms with van der Waals surface area (Å²) in [7, 11) is -0.973. The number of hydrogen-bond donors (Lipinski definition) is 1. The quantitative estimate of drug-likeness (QED) is 0.559. The van der Waals surface area contributed by atoms with Crippen molar-refractivity contribution in [3.63, 3.8) is 0 Å². The molecule has 1 fully saturated rings. The Hall–Kier alpha value is -0.640. The van der Waals surface area contributed by atoms with Gasteiger partial charge in [0.1, 0.15) is 0 Å². The van der Waals surface area contributed by atoms with Crippen LogP contribution in [0.4, 0.5) is 0 Å². The van der Waals surface area contributed by atoms with Gasteiger partial charge in [-0.2, -0.15) is 0 Å². The van der Waals surface area contributed by atoms with Crippen LogP contribution in [0.15, 0.2) is 12.7 Å². The standard InChI is InChI=1S/C8H14NO4P/c1-4-6-5-7(6)8(10)9-14(11,12-2)13-3/h4,6-7H,1,5H2,2-3H3,(H,9,10,11)/t6-,7+/m1/s1. The van der Waals surface area contributed by atoms with Crippen molar-refractivity contribution in [1.29, 1.82) is 0 Å². The first-order chi connectivity index (χ1) is 6.56. The average molecular weight is 219 g/mol.